The van der Waals surface area contributed by atoms with Crippen LogP contribution >= 0.6 is 11.3 Å². The number of rotatable bonds is 5. The third-order valence-corrected chi connectivity index (χ3v) is 6.25. The van der Waals surface area contributed by atoms with Crippen LogP contribution in [0.1, 0.15) is 41.1 Å². The van der Waals surface area contributed by atoms with E-state index < -0.39 is 11.9 Å². The number of aliphatic carboxylic acids is 1. The van der Waals surface area contributed by atoms with Crippen molar-refractivity contribution >= 4 is 27.5 Å². The molecule has 0 amide bonds. The van der Waals surface area contributed by atoms with Gasteiger partial charge in [-0.25, -0.2) is 4.98 Å². The number of aromatic nitrogens is 2. The number of nitrogens with zero attached hydrogens (tertiary/aromatic N) is 2. The largest absolute Gasteiger partial charge is 0.481 e. The third kappa shape index (κ3) is 2.74. The summed E-state index contributed by atoms with van der Waals surface area (Å²) in [6, 6.07) is 10.0. The van der Waals surface area contributed by atoms with Crippen LogP contribution in [0.15, 0.2) is 35.1 Å². The Balaban J connectivity index is 1.82. The van der Waals surface area contributed by atoms with Gasteiger partial charge in [0.1, 0.15) is 10.7 Å². The average molecular weight is 368 g/mol. The molecule has 26 heavy (non-hydrogen) atoms. The molecule has 1 aliphatic rings. The van der Waals surface area contributed by atoms with Crippen LogP contribution in [0.5, 0.6) is 0 Å². The smallest absolute Gasteiger partial charge is 0.311 e. The van der Waals surface area contributed by atoms with Gasteiger partial charge in [0.05, 0.1) is 11.3 Å². The zero-order valence-corrected chi connectivity index (χ0v) is 15.4. The Morgan fingerprint density at radius 3 is 2.81 bits per heavy atom. The molecule has 0 saturated heterocycles. The van der Waals surface area contributed by atoms with Crippen LogP contribution in [-0.4, -0.2) is 20.6 Å². The Hall–Kier alpha value is -2.47. The van der Waals surface area contributed by atoms with E-state index in [1.165, 1.54) is 16.9 Å². The van der Waals surface area contributed by atoms with Crippen molar-refractivity contribution in [2.45, 2.75) is 45.1 Å². The molecule has 1 aromatic carbocycles. The maximum atomic E-state index is 13.3. The lowest BCUT2D eigenvalue weighted by atomic mass is 10.0. The van der Waals surface area contributed by atoms with Crippen molar-refractivity contribution in [2.75, 3.05) is 0 Å². The van der Waals surface area contributed by atoms with Crippen LogP contribution in [-0.2, 0) is 30.6 Å². The molecule has 1 aliphatic carbocycles. The normalized spacial score (nSPS) is 16.1. The van der Waals surface area contributed by atoms with Crippen LogP contribution in [0.3, 0.4) is 0 Å². The Morgan fingerprint density at radius 1 is 1.35 bits per heavy atom. The highest BCUT2D eigenvalue weighted by Gasteiger charge is 2.34. The van der Waals surface area contributed by atoms with E-state index in [1.54, 1.807) is 4.57 Å². The summed E-state index contributed by atoms with van der Waals surface area (Å²) >= 11 is 1.49. The first-order valence-electron chi connectivity index (χ1n) is 8.91. The average Bonchev–Trinajstić information content (AvgIpc) is 3.20. The second-order valence-corrected chi connectivity index (χ2v) is 7.71. The van der Waals surface area contributed by atoms with Crippen molar-refractivity contribution in [2.24, 2.45) is 0 Å². The van der Waals surface area contributed by atoms with E-state index in [0.717, 1.165) is 23.5 Å². The number of carbonyl (C=O) groups is 1. The van der Waals surface area contributed by atoms with Gasteiger partial charge in [0, 0.05) is 17.8 Å². The third-order valence-electron chi connectivity index (χ3n) is 5.09. The standard InChI is InChI=1S/C20H20N2O3S/c1-2-15-21-18-17(16-13(20(24)25)8-9-14(16)26-18)19(23)22(15)11-10-12-6-4-3-5-7-12/h3-7,13H,2,8-11H2,1H3,(H,24,25). The van der Waals surface area contributed by atoms with Crippen molar-refractivity contribution in [3.05, 3.63) is 62.5 Å². The number of aryl methyl sites for hydroxylation is 3. The quantitative estimate of drug-likeness (QED) is 0.749. The fourth-order valence-electron chi connectivity index (χ4n) is 3.80. The second-order valence-electron chi connectivity index (χ2n) is 6.62. The molecule has 3 aromatic rings. The summed E-state index contributed by atoms with van der Waals surface area (Å²) in [5.41, 5.74) is 1.79. The molecule has 2 heterocycles. The van der Waals surface area contributed by atoms with Crippen molar-refractivity contribution in [3.8, 4) is 0 Å². The van der Waals surface area contributed by atoms with Crippen molar-refractivity contribution in [1.82, 2.24) is 9.55 Å². The summed E-state index contributed by atoms with van der Waals surface area (Å²) < 4.78 is 1.74. The lowest BCUT2D eigenvalue weighted by molar-refractivity contribution is -0.138. The highest BCUT2D eigenvalue weighted by Crippen LogP contribution is 2.42. The van der Waals surface area contributed by atoms with Gasteiger partial charge in [-0.05, 0) is 30.4 Å². The lowest BCUT2D eigenvalue weighted by Crippen LogP contribution is -2.26. The second kappa shape index (κ2) is 6.68. The molecule has 0 saturated carbocycles. The van der Waals surface area contributed by atoms with Gasteiger partial charge in [-0.15, -0.1) is 11.3 Å². The summed E-state index contributed by atoms with van der Waals surface area (Å²) in [6.07, 6.45) is 2.71. The van der Waals surface area contributed by atoms with Crippen molar-refractivity contribution < 1.29 is 9.90 Å². The Labute approximate surface area is 154 Å². The van der Waals surface area contributed by atoms with Gasteiger partial charge in [-0.3, -0.25) is 14.2 Å². The molecule has 134 valence electrons. The lowest BCUT2D eigenvalue weighted by Gasteiger charge is -2.12. The maximum Gasteiger partial charge on any atom is 0.311 e. The predicted octanol–water partition coefficient (Wildman–Crippen LogP) is 3.38. The predicted molar refractivity (Wildman–Crippen MR) is 102 cm³/mol. The maximum absolute atomic E-state index is 13.3. The molecule has 0 spiro atoms. The van der Waals surface area contributed by atoms with Crippen LogP contribution in [0.4, 0.5) is 0 Å². The van der Waals surface area contributed by atoms with Crippen molar-refractivity contribution in [1.29, 1.82) is 0 Å². The van der Waals surface area contributed by atoms with Gasteiger partial charge in [0.2, 0.25) is 0 Å². The Bertz CT molecular complexity index is 1040. The summed E-state index contributed by atoms with van der Waals surface area (Å²) in [5, 5.41) is 10.1. The summed E-state index contributed by atoms with van der Waals surface area (Å²) in [4.78, 5) is 31.3. The number of carboxylic acid groups (broad SMARTS) is 1. The van der Waals surface area contributed by atoms with Crippen LogP contribution < -0.4 is 5.56 Å². The minimum absolute atomic E-state index is 0.0894. The summed E-state index contributed by atoms with van der Waals surface area (Å²) in [7, 11) is 0. The van der Waals surface area contributed by atoms with Gasteiger partial charge in [0.25, 0.3) is 5.56 Å². The van der Waals surface area contributed by atoms with Gasteiger partial charge in [-0.1, -0.05) is 37.3 Å². The number of carboxylic acids is 1. The molecular formula is C20H20N2O3S. The van der Waals surface area contributed by atoms with E-state index in [2.05, 4.69) is 0 Å². The topological polar surface area (TPSA) is 72.2 Å². The number of thiophene rings is 1. The zero-order valence-electron chi connectivity index (χ0n) is 14.6. The fourth-order valence-corrected chi connectivity index (χ4v) is 5.06. The molecule has 0 radical (unpaired) electrons. The number of fused-ring (bicyclic) bond motifs is 3. The van der Waals surface area contributed by atoms with Crippen LogP contribution in [0, 0.1) is 0 Å². The minimum atomic E-state index is -0.849. The first-order chi connectivity index (χ1) is 12.6. The van der Waals surface area contributed by atoms with Gasteiger partial charge >= 0.3 is 5.97 Å². The van der Waals surface area contributed by atoms with E-state index in [-0.39, 0.29) is 5.56 Å². The zero-order chi connectivity index (χ0) is 18.3. The van der Waals surface area contributed by atoms with E-state index >= 15 is 0 Å². The van der Waals surface area contributed by atoms with Gasteiger partial charge in [0.15, 0.2) is 0 Å². The first-order valence-corrected chi connectivity index (χ1v) is 9.73. The summed E-state index contributed by atoms with van der Waals surface area (Å²) in [5.74, 6) is -0.660. The highest BCUT2D eigenvalue weighted by atomic mass is 32.1. The van der Waals surface area contributed by atoms with E-state index in [9.17, 15) is 14.7 Å². The van der Waals surface area contributed by atoms with Crippen LogP contribution in [0.2, 0.25) is 0 Å². The number of benzene rings is 1. The molecule has 0 bridgehead atoms. The molecule has 5 nitrogen and oxygen atoms in total. The monoisotopic (exact) mass is 368 g/mol. The van der Waals surface area contributed by atoms with E-state index in [4.69, 9.17) is 4.98 Å². The molecular weight excluding hydrogens is 348 g/mol. The van der Waals surface area contributed by atoms with Gasteiger partial charge < -0.3 is 5.11 Å². The minimum Gasteiger partial charge on any atom is -0.481 e. The molecule has 6 heteroatoms. The van der Waals surface area contributed by atoms with Crippen LogP contribution in [0.25, 0.3) is 10.2 Å². The number of hydrogen-bond donors (Lipinski definition) is 1. The molecule has 0 aliphatic heterocycles. The fraction of sp³-hybridized carbons (Fsp3) is 0.350. The van der Waals surface area contributed by atoms with Crippen molar-refractivity contribution in [3.63, 3.8) is 0 Å². The molecule has 1 N–H and O–H groups in total. The molecule has 0 fully saturated rings. The first kappa shape index (κ1) is 17.0. The molecule has 1 unspecified atom stereocenters. The number of hydrogen-bond acceptors (Lipinski definition) is 4. The highest BCUT2D eigenvalue weighted by molar-refractivity contribution is 7.18. The van der Waals surface area contributed by atoms with Gasteiger partial charge in [-0.2, -0.15) is 0 Å². The SMILES string of the molecule is CCc1nc2sc3c(c2c(=O)n1CCc1ccccc1)C(C(=O)O)CC3. The summed E-state index contributed by atoms with van der Waals surface area (Å²) in [6.45, 7) is 2.55. The Kier molecular flexibility index (Phi) is 4.36. The van der Waals surface area contributed by atoms with E-state index in [1.807, 2.05) is 37.3 Å². The Morgan fingerprint density at radius 2 is 2.12 bits per heavy atom. The van der Waals surface area contributed by atoms with E-state index in [0.29, 0.717) is 35.2 Å². The molecule has 4 rings (SSSR count). The molecule has 1 atom stereocenters. The molecule has 2 aromatic heterocycles.